The van der Waals surface area contributed by atoms with Crippen LogP contribution in [-0.4, -0.2) is 30.2 Å². The molecule has 1 N–H and O–H groups in total. The van der Waals surface area contributed by atoms with Crippen LogP contribution in [0.15, 0.2) is 71.9 Å². The zero-order chi connectivity index (χ0) is 18.6. The Morgan fingerprint density at radius 1 is 1.00 bits per heavy atom. The fourth-order valence-corrected chi connectivity index (χ4v) is 2.81. The highest BCUT2D eigenvalue weighted by atomic mass is 16.2. The second-order valence-corrected chi connectivity index (χ2v) is 5.91. The van der Waals surface area contributed by atoms with Crippen LogP contribution < -0.4 is 10.9 Å². The first-order valence-electron chi connectivity index (χ1n) is 8.37. The molecule has 27 heavy (non-hydrogen) atoms. The minimum Gasteiger partial charge on any atom is -0.309 e. The van der Waals surface area contributed by atoms with Gasteiger partial charge in [-0.25, -0.2) is 9.67 Å². The summed E-state index contributed by atoms with van der Waals surface area (Å²) in [5.41, 5.74) is 1.77. The van der Waals surface area contributed by atoms with Crippen molar-refractivity contribution in [2.75, 3.05) is 5.32 Å². The zero-order valence-corrected chi connectivity index (χ0v) is 14.3. The molecule has 0 aliphatic heterocycles. The molecule has 0 spiro atoms. The monoisotopic (exact) mass is 360 g/mol. The molecule has 1 aromatic carbocycles. The second kappa shape index (κ2) is 7.20. The van der Waals surface area contributed by atoms with E-state index in [4.69, 9.17) is 0 Å². The lowest BCUT2D eigenvalue weighted by Crippen LogP contribution is -2.28. The van der Waals surface area contributed by atoms with Gasteiger partial charge in [-0.05, 0) is 24.3 Å². The van der Waals surface area contributed by atoms with Crippen LogP contribution in [0, 0.1) is 0 Å². The maximum atomic E-state index is 12.5. The summed E-state index contributed by atoms with van der Waals surface area (Å²) in [5.74, 6) is 0.216. The van der Waals surface area contributed by atoms with Crippen LogP contribution in [0.4, 0.5) is 5.82 Å². The molecular formula is C19H16N6O2. The van der Waals surface area contributed by atoms with Crippen LogP contribution in [0.1, 0.15) is 5.69 Å². The fourth-order valence-electron chi connectivity index (χ4n) is 2.81. The first kappa shape index (κ1) is 16.6. The molecule has 1 amide bonds. The number of hydrogen-bond acceptors (Lipinski definition) is 5. The molecule has 3 heterocycles. The molecule has 4 rings (SSSR count). The lowest BCUT2D eigenvalue weighted by Gasteiger charge is -2.11. The predicted octanol–water partition coefficient (Wildman–Crippen LogP) is 1.67. The van der Waals surface area contributed by atoms with Crippen LogP contribution >= 0.6 is 0 Å². The molecule has 0 fully saturated rings. The minimum absolute atomic E-state index is 0.114. The highest BCUT2D eigenvalue weighted by Gasteiger charge is 2.12. The van der Waals surface area contributed by atoms with Crippen molar-refractivity contribution in [2.24, 2.45) is 0 Å². The quantitative estimate of drug-likeness (QED) is 0.584. The van der Waals surface area contributed by atoms with E-state index in [-0.39, 0.29) is 18.0 Å². The van der Waals surface area contributed by atoms with Gasteiger partial charge in [-0.2, -0.15) is 5.10 Å². The number of carbonyl (C=O) groups excluding carboxylic acids is 1. The number of nitrogens with zero attached hydrogens (tertiary/aromatic N) is 5. The Labute approximate surface area is 154 Å². The molecule has 0 atom stereocenters. The molecule has 0 saturated heterocycles. The van der Waals surface area contributed by atoms with Crippen molar-refractivity contribution in [3.05, 3.63) is 83.2 Å². The van der Waals surface area contributed by atoms with Crippen molar-refractivity contribution in [2.45, 2.75) is 13.1 Å². The van der Waals surface area contributed by atoms with Crippen LogP contribution in [0.3, 0.4) is 0 Å². The van der Waals surface area contributed by atoms with E-state index < -0.39 is 0 Å². The molecule has 8 heteroatoms. The molecule has 0 aliphatic carbocycles. The van der Waals surface area contributed by atoms with E-state index in [1.54, 1.807) is 41.3 Å². The number of hydrogen-bond donors (Lipinski definition) is 1. The number of carbonyl (C=O) groups is 1. The molecule has 0 bridgehead atoms. The van der Waals surface area contributed by atoms with Gasteiger partial charge in [0.05, 0.1) is 35.7 Å². The number of anilines is 1. The van der Waals surface area contributed by atoms with Crippen molar-refractivity contribution in [1.82, 2.24) is 24.3 Å². The summed E-state index contributed by atoms with van der Waals surface area (Å²) in [7, 11) is 0. The molecule has 0 radical (unpaired) electrons. The van der Waals surface area contributed by atoms with Crippen molar-refractivity contribution >= 4 is 22.8 Å². The Morgan fingerprint density at radius 3 is 2.70 bits per heavy atom. The Hall–Kier alpha value is -3.81. The summed E-state index contributed by atoms with van der Waals surface area (Å²) in [5, 5.41) is 7.03. The van der Waals surface area contributed by atoms with E-state index in [1.807, 2.05) is 24.3 Å². The van der Waals surface area contributed by atoms with Crippen LogP contribution in [-0.2, 0) is 17.9 Å². The summed E-state index contributed by atoms with van der Waals surface area (Å²) in [4.78, 5) is 33.1. The van der Waals surface area contributed by atoms with Gasteiger partial charge in [-0.3, -0.25) is 19.1 Å². The van der Waals surface area contributed by atoms with E-state index in [0.29, 0.717) is 23.4 Å². The van der Waals surface area contributed by atoms with E-state index in [1.165, 1.54) is 10.8 Å². The van der Waals surface area contributed by atoms with Gasteiger partial charge in [0, 0.05) is 12.3 Å². The third-order valence-electron chi connectivity index (χ3n) is 4.08. The van der Waals surface area contributed by atoms with Gasteiger partial charge in [-0.1, -0.05) is 18.2 Å². The van der Waals surface area contributed by atoms with Crippen molar-refractivity contribution in [3.63, 3.8) is 0 Å². The standard InChI is InChI=1S/C19H16N6O2/c26-18(13-24-16-7-2-1-6-15(16)21-11-19(24)27)23-17-8-10-22-25(17)12-14-5-3-4-9-20-14/h1-11H,12-13H2,(H,23,26). The number of pyridine rings is 1. The number of rotatable bonds is 5. The summed E-state index contributed by atoms with van der Waals surface area (Å²) >= 11 is 0. The second-order valence-electron chi connectivity index (χ2n) is 5.91. The molecule has 8 nitrogen and oxygen atoms in total. The van der Waals surface area contributed by atoms with Gasteiger partial charge in [-0.15, -0.1) is 0 Å². The molecule has 3 aromatic heterocycles. The van der Waals surface area contributed by atoms with Crippen molar-refractivity contribution < 1.29 is 4.79 Å². The maximum Gasteiger partial charge on any atom is 0.269 e. The van der Waals surface area contributed by atoms with Gasteiger partial charge in [0.1, 0.15) is 12.4 Å². The molecule has 0 saturated carbocycles. The summed E-state index contributed by atoms with van der Waals surface area (Å²) < 4.78 is 3.05. The fraction of sp³-hybridized carbons (Fsp3) is 0.105. The van der Waals surface area contributed by atoms with E-state index in [2.05, 4.69) is 20.4 Å². The summed E-state index contributed by atoms with van der Waals surface area (Å²) in [6.45, 7) is 0.318. The summed E-state index contributed by atoms with van der Waals surface area (Å²) in [6.07, 6.45) is 4.53. The van der Waals surface area contributed by atoms with Crippen molar-refractivity contribution in [1.29, 1.82) is 0 Å². The SMILES string of the molecule is O=C(Cn1c(=O)cnc2ccccc21)Nc1ccnn1Cc1ccccn1. The normalized spacial score (nSPS) is 10.8. The number of para-hydroxylation sites is 2. The molecule has 4 aromatic rings. The highest BCUT2D eigenvalue weighted by molar-refractivity contribution is 5.90. The Bertz CT molecular complexity index is 1150. The largest absolute Gasteiger partial charge is 0.309 e. The molecule has 0 unspecified atom stereocenters. The molecule has 0 aliphatic rings. The van der Waals surface area contributed by atoms with Crippen LogP contribution in [0.25, 0.3) is 11.0 Å². The number of aromatic nitrogens is 5. The zero-order valence-electron chi connectivity index (χ0n) is 14.3. The molecular weight excluding hydrogens is 344 g/mol. The lowest BCUT2D eigenvalue weighted by molar-refractivity contribution is -0.116. The number of nitrogens with one attached hydrogen (secondary N) is 1. The number of benzene rings is 1. The average Bonchev–Trinajstić information content (AvgIpc) is 3.11. The average molecular weight is 360 g/mol. The number of fused-ring (bicyclic) bond motifs is 1. The third-order valence-corrected chi connectivity index (χ3v) is 4.08. The van der Waals surface area contributed by atoms with E-state index in [9.17, 15) is 9.59 Å². The Kier molecular flexibility index (Phi) is 4.44. The van der Waals surface area contributed by atoms with Gasteiger partial charge >= 0.3 is 0 Å². The Balaban J connectivity index is 1.54. The number of amides is 1. The first-order chi connectivity index (χ1) is 13.2. The van der Waals surface area contributed by atoms with Crippen LogP contribution in [0.5, 0.6) is 0 Å². The minimum atomic E-state index is -0.328. The smallest absolute Gasteiger partial charge is 0.269 e. The molecule has 134 valence electrons. The van der Waals surface area contributed by atoms with Gasteiger partial charge in [0.15, 0.2) is 0 Å². The maximum absolute atomic E-state index is 12.5. The summed E-state index contributed by atoms with van der Waals surface area (Å²) in [6, 6.07) is 14.5. The van der Waals surface area contributed by atoms with Gasteiger partial charge in [0.2, 0.25) is 5.91 Å². The third kappa shape index (κ3) is 3.59. The predicted molar refractivity (Wildman–Crippen MR) is 100 cm³/mol. The lowest BCUT2D eigenvalue weighted by atomic mass is 10.3. The van der Waals surface area contributed by atoms with Crippen molar-refractivity contribution in [3.8, 4) is 0 Å². The Morgan fingerprint density at radius 2 is 1.85 bits per heavy atom. The van der Waals surface area contributed by atoms with Gasteiger partial charge in [0.25, 0.3) is 5.56 Å². The van der Waals surface area contributed by atoms with E-state index >= 15 is 0 Å². The van der Waals surface area contributed by atoms with Crippen LogP contribution in [0.2, 0.25) is 0 Å². The topological polar surface area (TPSA) is 94.7 Å². The van der Waals surface area contributed by atoms with E-state index in [0.717, 1.165) is 5.69 Å². The first-order valence-corrected chi connectivity index (χ1v) is 8.37. The highest BCUT2D eigenvalue weighted by Crippen LogP contribution is 2.11. The van der Waals surface area contributed by atoms with Gasteiger partial charge < -0.3 is 5.32 Å².